The smallest absolute Gasteiger partial charge is 0.163 e. The first-order chi connectivity index (χ1) is 25.3. The van der Waals surface area contributed by atoms with Gasteiger partial charge in [-0.2, -0.15) is 0 Å². The van der Waals surface area contributed by atoms with E-state index in [4.69, 9.17) is 8.83 Å². The van der Waals surface area contributed by atoms with E-state index >= 15 is 0 Å². The van der Waals surface area contributed by atoms with Crippen LogP contribution in [0.15, 0.2) is 167 Å². The molecule has 0 amide bonds. The van der Waals surface area contributed by atoms with Gasteiger partial charge in [-0.1, -0.05) is 135 Å². The highest BCUT2D eigenvalue weighted by Gasteiger charge is 2.27. The number of nitrogens with zero attached hydrogens (tertiary/aromatic N) is 1. The molecular formula is C48H37NO2. The van der Waals surface area contributed by atoms with Gasteiger partial charge in [0, 0.05) is 27.5 Å². The fourth-order valence-electron chi connectivity index (χ4n) is 8.39. The summed E-state index contributed by atoms with van der Waals surface area (Å²) in [6, 6.07) is 56.3. The molecule has 7 aromatic carbocycles. The van der Waals surface area contributed by atoms with E-state index in [1.54, 1.807) is 0 Å². The highest BCUT2D eigenvalue weighted by Crippen LogP contribution is 2.49. The van der Waals surface area contributed by atoms with Crippen LogP contribution in [0.4, 0.5) is 17.1 Å². The fourth-order valence-corrected chi connectivity index (χ4v) is 8.39. The third-order valence-corrected chi connectivity index (χ3v) is 10.9. The lowest BCUT2D eigenvalue weighted by molar-refractivity contribution is 0.445. The molecule has 1 saturated carbocycles. The van der Waals surface area contributed by atoms with Crippen molar-refractivity contribution in [3.63, 3.8) is 0 Å². The molecular weight excluding hydrogens is 623 g/mol. The molecule has 1 fully saturated rings. The zero-order chi connectivity index (χ0) is 33.7. The molecule has 0 unspecified atom stereocenters. The predicted molar refractivity (Wildman–Crippen MR) is 212 cm³/mol. The Balaban J connectivity index is 1.25. The summed E-state index contributed by atoms with van der Waals surface area (Å²) in [6.07, 6.45) is 6.34. The Hall–Kier alpha value is -6.06. The third kappa shape index (κ3) is 5.11. The Morgan fingerprint density at radius 2 is 0.980 bits per heavy atom. The Labute approximate surface area is 297 Å². The Kier molecular flexibility index (Phi) is 7.23. The first kappa shape index (κ1) is 29.8. The topological polar surface area (TPSA) is 29.5 Å². The van der Waals surface area contributed by atoms with Crippen LogP contribution >= 0.6 is 0 Å². The molecule has 3 nitrogen and oxygen atoms in total. The van der Waals surface area contributed by atoms with Crippen LogP contribution in [0.1, 0.15) is 43.6 Å². The zero-order valence-corrected chi connectivity index (χ0v) is 28.4. The second-order valence-corrected chi connectivity index (χ2v) is 13.9. The lowest BCUT2D eigenvalue weighted by atomic mass is 9.82. The van der Waals surface area contributed by atoms with Crippen LogP contribution in [-0.4, -0.2) is 0 Å². The van der Waals surface area contributed by atoms with Crippen molar-refractivity contribution in [3.05, 3.63) is 163 Å². The van der Waals surface area contributed by atoms with E-state index in [1.165, 1.54) is 65.3 Å². The quantitative estimate of drug-likeness (QED) is 0.178. The Morgan fingerprint density at radius 3 is 1.63 bits per heavy atom. The molecule has 0 aliphatic heterocycles. The Morgan fingerprint density at radius 1 is 0.431 bits per heavy atom. The molecule has 0 radical (unpaired) electrons. The number of benzene rings is 7. The third-order valence-electron chi connectivity index (χ3n) is 10.9. The minimum Gasteiger partial charge on any atom is -0.455 e. The van der Waals surface area contributed by atoms with E-state index in [9.17, 15) is 0 Å². The van der Waals surface area contributed by atoms with Crippen molar-refractivity contribution in [2.75, 3.05) is 4.90 Å². The van der Waals surface area contributed by atoms with Gasteiger partial charge in [0.05, 0.1) is 11.1 Å². The van der Waals surface area contributed by atoms with Crippen molar-refractivity contribution in [2.24, 2.45) is 0 Å². The van der Waals surface area contributed by atoms with Gasteiger partial charge in [0.1, 0.15) is 16.7 Å². The van der Waals surface area contributed by atoms with Crippen LogP contribution in [0.25, 0.3) is 66.1 Å². The number of hydrogen-bond acceptors (Lipinski definition) is 3. The number of rotatable bonds is 6. The van der Waals surface area contributed by atoms with E-state index in [2.05, 4.69) is 157 Å². The average molecular weight is 660 g/mol. The van der Waals surface area contributed by atoms with Gasteiger partial charge in [-0.25, -0.2) is 0 Å². The molecule has 246 valence electrons. The summed E-state index contributed by atoms with van der Waals surface area (Å²) in [5.41, 5.74) is 12.8. The lowest BCUT2D eigenvalue weighted by Crippen LogP contribution is -2.10. The van der Waals surface area contributed by atoms with E-state index in [0.717, 1.165) is 55.6 Å². The molecule has 2 heterocycles. The van der Waals surface area contributed by atoms with Gasteiger partial charge >= 0.3 is 0 Å². The first-order valence-corrected chi connectivity index (χ1v) is 18.2. The summed E-state index contributed by atoms with van der Waals surface area (Å²) in [4.78, 5) is 2.36. The summed E-state index contributed by atoms with van der Waals surface area (Å²) in [5.74, 6) is 0.538. The number of fused-ring (bicyclic) bond motifs is 7. The molecule has 0 atom stereocenters. The summed E-state index contributed by atoms with van der Waals surface area (Å²) in [6.45, 7) is 0. The van der Waals surface area contributed by atoms with Crippen LogP contribution in [-0.2, 0) is 0 Å². The molecule has 2 aromatic heterocycles. The highest BCUT2D eigenvalue weighted by atomic mass is 16.3. The molecule has 51 heavy (non-hydrogen) atoms. The molecule has 1 aliphatic carbocycles. The van der Waals surface area contributed by atoms with Gasteiger partial charge in [0.2, 0.25) is 0 Å². The fraction of sp³-hybridized carbons (Fsp3) is 0.125. The van der Waals surface area contributed by atoms with Crippen molar-refractivity contribution in [2.45, 2.75) is 38.0 Å². The van der Waals surface area contributed by atoms with E-state index < -0.39 is 0 Å². The van der Waals surface area contributed by atoms with E-state index in [0.29, 0.717) is 5.92 Å². The van der Waals surface area contributed by atoms with Gasteiger partial charge in [0.15, 0.2) is 5.58 Å². The van der Waals surface area contributed by atoms with Crippen LogP contribution in [0.3, 0.4) is 0 Å². The van der Waals surface area contributed by atoms with Gasteiger partial charge < -0.3 is 13.7 Å². The molecule has 0 N–H and O–H groups in total. The second-order valence-electron chi connectivity index (χ2n) is 13.9. The normalized spacial score (nSPS) is 13.8. The van der Waals surface area contributed by atoms with E-state index in [1.807, 2.05) is 6.07 Å². The zero-order valence-electron chi connectivity index (χ0n) is 28.4. The number of furan rings is 2. The molecule has 3 heteroatoms. The predicted octanol–water partition coefficient (Wildman–Crippen LogP) is 14.3. The molecule has 9 aromatic rings. The maximum atomic E-state index is 6.86. The van der Waals surface area contributed by atoms with Crippen molar-refractivity contribution in [1.29, 1.82) is 0 Å². The largest absolute Gasteiger partial charge is 0.455 e. The molecule has 0 bridgehead atoms. The van der Waals surface area contributed by atoms with Gasteiger partial charge in [-0.15, -0.1) is 0 Å². The van der Waals surface area contributed by atoms with Crippen LogP contribution in [0, 0.1) is 0 Å². The highest BCUT2D eigenvalue weighted by molar-refractivity contribution is 6.26. The first-order valence-electron chi connectivity index (χ1n) is 18.2. The number of para-hydroxylation sites is 1. The number of hydrogen-bond donors (Lipinski definition) is 0. The average Bonchev–Trinajstić information content (AvgIpc) is 3.79. The SMILES string of the molecule is c1ccc(-c2ccc(N(c3ccc(-c4ccccc4)cc3)c3cc4c(oc5cccc(C6CCCCC6)c54)c4c3oc3ccccc34)cc2)cc1. The summed E-state index contributed by atoms with van der Waals surface area (Å²) in [7, 11) is 0. The molecule has 1 aliphatic rings. The van der Waals surface area contributed by atoms with Gasteiger partial charge in [-0.05, 0) is 89.0 Å². The Bertz CT molecular complexity index is 2560. The van der Waals surface area contributed by atoms with Crippen molar-refractivity contribution < 1.29 is 8.83 Å². The monoisotopic (exact) mass is 659 g/mol. The van der Waals surface area contributed by atoms with Crippen molar-refractivity contribution >= 4 is 60.9 Å². The maximum absolute atomic E-state index is 6.86. The van der Waals surface area contributed by atoms with Crippen LogP contribution in [0.2, 0.25) is 0 Å². The van der Waals surface area contributed by atoms with Crippen molar-refractivity contribution in [3.8, 4) is 22.3 Å². The molecule has 0 spiro atoms. The number of anilines is 3. The lowest BCUT2D eigenvalue weighted by Gasteiger charge is -2.26. The molecule has 10 rings (SSSR count). The minimum absolute atomic E-state index is 0.538. The summed E-state index contributed by atoms with van der Waals surface area (Å²) < 4.78 is 13.7. The standard InChI is InChI=1S/C48H37NO2/c1-4-13-32(14-5-1)34-23-27-37(28-24-34)49(38-29-25-35(26-30-38)33-15-6-2-7-16-33)42-31-41-45-39(36-17-8-3-9-18-36)20-12-22-44(45)51-47(41)46-40-19-10-11-21-43(40)50-48(42)46/h1-2,4-7,10-16,19-31,36H,3,8-9,17-18H2. The van der Waals surface area contributed by atoms with Gasteiger partial charge in [0.25, 0.3) is 0 Å². The minimum atomic E-state index is 0.538. The summed E-state index contributed by atoms with van der Waals surface area (Å²) in [5, 5.41) is 4.48. The van der Waals surface area contributed by atoms with Crippen LogP contribution in [0.5, 0.6) is 0 Å². The maximum Gasteiger partial charge on any atom is 0.163 e. The second kappa shape index (κ2) is 12.4. The molecule has 0 saturated heterocycles. The van der Waals surface area contributed by atoms with E-state index in [-0.39, 0.29) is 0 Å². The van der Waals surface area contributed by atoms with Gasteiger partial charge in [-0.3, -0.25) is 0 Å². The van der Waals surface area contributed by atoms with Crippen LogP contribution < -0.4 is 4.90 Å². The van der Waals surface area contributed by atoms with Crippen molar-refractivity contribution in [1.82, 2.24) is 0 Å². The summed E-state index contributed by atoms with van der Waals surface area (Å²) >= 11 is 0.